The molecule has 3 heteroatoms. The Bertz CT molecular complexity index is 561. The number of rotatable bonds is 5. The summed E-state index contributed by atoms with van der Waals surface area (Å²) in [6.45, 7) is 1.61. The smallest absolute Gasteiger partial charge is 0.130 e. The highest BCUT2D eigenvalue weighted by Gasteiger charge is 2.01. The summed E-state index contributed by atoms with van der Waals surface area (Å²) in [5.41, 5.74) is 1.10. The van der Waals surface area contributed by atoms with E-state index in [2.05, 4.69) is 0 Å². The predicted octanol–water partition coefficient (Wildman–Crippen LogP) is 4.65. The first kappa shape index (κ1) is 13.6. The van der Waals surface area contributed by atoms with Gasteiger partial charge in [0.25, 0.3) is 0 Å². The topological polar surface area (TPSA) is 26.3 Å². The van der Waals surface area contributed by atoms with Crippen LogP contribution in [-0.4, -0.2) is 5.78 Å². The lowest BCUT2D eigenvalue weighted by Crippen LogP contribution is -1.94. The molecule has 98 valence electrons. The standard InChI is InChI=1S/C16H15ClO2/c1-12(18)5-6-13-3-2-4-16(11-13)19-15-9-7-14(17)8-10-15/h2-4,7-11H,5-6H2,1H3. The van der Waals surface area contributed by atoms with Gasteiger partial charge < -0.3 is 9.53 Å². The fourth-order valence-electron chi connectivity index (χ4n) is 1.72. The Labute approximate surface area is 118 Å². The van der Waals surface area contributed by atoms with Crippen LogP contribution < -0.4 is 4.74 Å². The van der Waals surface area contributed by atoms with Gasteiger partial charge in [0, 0.05) is 11.4 Å². The second-order valence-corrected chi connectivity index (χ2v) is 4.84. The number of ether oxygens (including phenoxy) is 1. The summed E-state index contributed by atoms with van der Waals surface area (Å²) in [4.78, 5) is 11.0. The van der Waals surface area contributed by atoms with Crippen LogP contribution in [0.2, 0.25) is 5.02 Å². The van der Waals surface area contributed by atoms with Gasteiger partial charge in [0.15, 0.2) is 0 Å². The molecule has 0 heterocycles. The van der Waals surface area contributed by atoms with E-state index in [0.29, 0.717) is 11.4 Å². The third-order valence-corrected chi connectivity index (χ3v) is 2.97. The summed E-state index contributed by atoms with van der Waals surface area (Å²) in [5.74, 6) is 1.71. The molecule has 0 saturated heterocycles. The molecule has 0 atom stereocenters. The van der Waals surface area contributed by atoms with Gasteiger partial charge in [0.1, 0.15) is 17.3 Å². The minimum atomic E-state index is 0.198. The van der Waals surface area contributed by atoms with Crippen LogP contribution in [0.1, 0.15) is 18.9 Å². The number of hydrogen-bond acceptors (Lipinski definition) is 2. The Morgan fingerprint density at radius 2 is 1.84 bits per heavy atom. The van der Waals surface area contributed by atoms with Gasteiger partial charge in [0.2, 0.25) is 0 Å². The summed E-state index contributed by atoms with van der Waals surface area (Å²) >= 11 is 5.82. The van der Waals surface area contributed by atoms with E-state index >= 15 is 0 Å². The van der Waals surface area contributed by atoms with Crippen molar-refractivity contribution in [3.63, 3.8) is 0 Å². The molecule has 0 aromatic heterocycles. The summed E-state index contributed by atoms with van der Waals surface area (Å²) in [6, 6.07) is 15.0. The highest BCUT2D eigenvalue weighted by atomic mass is 35.5. The molecular formula is C16H15ClO2. The highest BCUT2D eigenvalue weighted by molar-refractivity contribution is 6.30. The molecule has 0 aliphatic heterocycles. The van der Waals surface area contributed by atoms with Crippen LogP contribution in [0.25, 0.3) is 0 Å². The lowest BCUT2D eigenvalue weighted by atomic mass is 10.1. The monoisotopic (exact) mass is 274 g/mol. The molecule has 0 amide bonds. The average Bonchev–Trinajstić information content (AvgIpc) is 2.40. The fourth-order valence-corrected chi connectivity index (χ4v) is 1.85. The van der Waals surface area contributed by atoms with Crippen molar-refractivity contribution in [2.24, 2.45) is 0 Å². The van der Waals surface area contributed by atoms with Gasteiger partial charge in [-0.05, 0) is 55.3 Å². The summed E-state index contributed by atoms with van der Waals surface area (Å²) in [7, 11) is 0. The number of carbonyl (C=O) groups is 1. The first-order chi connectivity index (χ1) is 9.13. The van der Waals surface area contributed by atoms with Crippen molar-refractivity contribution < 1.29 is 9.53 Å². The number of aryl methyl sites for hydroxylation is 1. The maximum absolute atomic E-state index is 11.0. The van der Waals surface area contributed by atoms with E-state index in [1.54, 1.807) is 19.1 Å². The molecule has 2 nitrogen and oxygen atoms in total. The van der Waals surface area contributed by atoms with Crippen molar-refractivity contribution in [1.82, 2.24) is 0 Å². The lowest BCUT2D eigenvalue weighted by Gasteiger charge is -2.07. The van der Waals surface area contributed by atoms with Crippen LogP contribution in [0.15, 0.2) is 48.5 Å². The van der Waals surface area contributed by atoms with Crippen molar-refractivity contribution in [3.8, 4) is 11.5 Å². The van der Waals surface area contributed by atoms with Crippen molar-refractivity contribution in [3.05, 3.63) is 59.1 Å². The number of ketones is 1. The van der Waals surface area contributed by atoms with Gasteiger partial charge in [-0.25, -0.2) is 0 Å². The molecule has 0 radical (unpaired) electrons. The van der Waals surface area contributed by atoms with Crippen LogP contribution in [0.3, 0.4) is 0 Å². The molecule has 19 heavy (non-hydrogen) atoms. The number of carbonyl (C=O) groups excluding carboxylic acids is 1. The second-order valence-electron chi connectivity index (χ2n) is 4.41. The normalized spacial score (nSPS) is 10.2. The van der Waals surface area contributed by atoms with Gasteiger partial charge in [0.05, 0.1) is 0 Å². The average molecular weight is 275 g/mol. The highest BCUT2D eigenvalue weighted by Crippen LogP contribution is 2.24. The SMILES string of the molecule is CC(=O)CCc1cccc(Oc2ccc(Cl)cc2)c1. The van der Waals surface area contributed by atoms with Crippen molar-refractivity contribution in [1.29, 1.82) is 0 Å². The zero-order chi connectivity index (χ0) is 13.7. The Hall–Kier alpha value is -1.80. The van der Waals surface area contributed by atoms with Crippen LogP contribution in [0, 0.1) is 0 Å². The predicted molar refractivity (Wildman–Crippen MR) is 77.0 cm³/mol. The Balaban J connectivity index is 2.06. The van der Waals surface area contributed by atoms with Gasteiger partial charge >= 0.3 is 0 Å². The Kier molecular flexibility index (Phi) is 4.58. The molecule has 0 spiro atoms. The zero-order valence-electron chi connectivity index (χ0n) is 10.7. The molecule has 0 bridgehead atoms. The summed E-state index contributed by atoms with van der Waals surface area (Å²) in [6.07, 6.45) is 1.30. The van der Waals surface area contributed by atoms with Gasteiger partial charge in [-0.1, -0.05) is 23.7 Å². The van der Waals surface area contributed by atoms with Crippen LogP contribution in [0.5, 0.6) is 11.5 Å². The van der Waals surface area contributed by atoms with Gasteiger partial charge in [-0.3, -0.25) is 0 Å². The van der Waals surface area contributed by atoms with Gasteiger partial charge in [-0.2, -0.15) is 0 Å². The third kappa shape index (κ3) is 4.42. The quantitative estimate of drug-likeness (QED) is 0.793. The number of halogens is 1. The van der Waals surface area contributed by atoms with Crippen molar-refractivity contribution in [2.75, 3.05) is 0 Å². The Morgan fingerprint density at radius 1 is 1.11 bits per heavy atom. The second kappa shape index (κ2) is 6.39. The maximum Gasteiger partial charge on any atom is 0.130 e. The van der Waals surface area contributed by atoms with E-state index in [0.717, 1.165) is 23.5 Å². The summed E-state index contributed by atoms with van der Waals surface area (Å²) in [5, 5.41) is 0.683. The number of Topliss-reactive ketones (excluding diaryl/α,β-unsaturated/α-hetero) is 1. The largest absolute Gasteiger partial charge is 0.457 e. The fraction of sp³-hybridized carbons (Fsp3) is 0.188. The molecule has 0 saturated carbocycles. The first-order valence-corrected chi connectivity index (χ1v) is 6.53. The molecular weight excluding hydrogens is 260 g/mol. The number of hydrogen-bond donors (Lipinski definition) is 0. The molecule has 0 fully saturated rings. The van der Waals surface area contributed by atoms with E-state index in [-0.39, 0.29) is 5.78 Å². The van der Waals surface area contributed by atoms with Crippen LogP contribution in [-0.2, 0) is 11.2 Å². The molecule has 0 unspecified atom stereocenters. The third-order valence-electron chi connectivity index (χ3n) is 2.71. The molecule has 0 N–H and O–H groups in total. The van der Waals surface area contributed by atoms with Gasteiger partial charge in [-0.15, -0.1) is 0 Å². The van der Waals surface area contributed by atoms with Crippen molar-refractivity contribution in [2.45, 2.75) is 19.8 Å². The van der Waals surface area contributed by atoms with E-state index < -0.39 is 0 Å². The minimum Gasteiger partial charge on any atom is -0.457 e. The lowest BCUT2D eigenvalue weighted by molar-refractivity contribution is -0.116. The molecule has 2 aromatic carbocycles. The Morgan fingerprint density at radius 3 is 2.53 bits per heavy atom. The maximum atomic E-state index is 11.0. The molecule has 2 rings (SSSR count). The first-order valence-electron chi connectivity index (χ1n) is 6.15. The minimum absolute atomic E-state index is 0.198. The van der Waals surface area contributed by atoms with Crippen LogP contribution in [0.4, 0.5) is 0 Å². The van der Waals surface area contributed by atoms with E-state index in [4.69, 9.17) is 16.3 Å². The number of benzene rings is 2. The molecule has 2 aromatic rings. The molecule has 0 aliphatic rings. The summed E-state index contributed by atoms with van der Waals surface area (Å²) < 4.78 is 5.74. The van der Waals surface area contributed by atoms with E-state index in [9.17, 15) is 4.79 Å². The van der Waals surface area contributed by atoms with Crippen molar-refractivity contribution >= 4 is 17.4 Å². The van der Waals surface area contributed by atoms with E-state index in [1.165, 1.54) is 0 Å². The van der Waals surface area contributed by atoms with E-state index in [1.807, 2.05) is 36.4 Å². The zero-order valence-corrected chi connectivity index (χ0v) is 11.5. The van der Waals surface area contributed by atoms with Crippen LogP contribution >= 0.6 is 11.6 Å². The molecule has 0 aliphatic carbocycles.